The summed E-state index contributed by atoms with van der Waals surface area (Å²) in [4.78, 5) is 15.6. The van der Waals surface area contributed by atoms with Crippen LogP contribution in [0.5, 0.6) is 11.6 Å². The van der Waals surface area contributed by atoms with Crippen molar-refractivity contribution >= 4 is 5.91 Å². The second-order valence-corrected chi connectivity index (χ2v) is 5.15. The van der Waals surface area contributed by atoms with Crippen molar-refractivity contribution in [3.8, 4) is 11.6 Å². The highest BCUT2D eigenvalue weighted by atomic mass is 16.5. The van der Waals surface area contributed by atoms with Crippen LogP contribution in [-0.4, -0.2) is 17.9 Å². The highest BCUT2D eigenvalue weighted by Gasteiger charge is 2.08. The zero-order valence-electron chi connectivity index (χ0n) is 13.3. The number of nitrogens with zero attached hydrogens (tertiary/aromatic N) is 1. The Balaban J connectivity index is 2.06. The molecule has 2 aromatic rings. The molecule has 2 rings (SSSR count). The topological polar surface area (TPSA) is 51.2 Å². The van der Waals surface area contributed by atoms with Crippen molar-refractivity contribution in [3.63, 3.8) is 0 Å². The molecule has 0 saturated carbocycles. The quantitative estimate of drug-likeness (QED) is 0.872. The summed E-state index contributed by atoms with van der Waals surface area (Å²) in [6, 6.07) is 11.5. The fraction of sp³-hybridized carbons (Fsp3) is 0.333. The van der Waals surface area contributed by atoms with Gasteiger partial charge in [-0.2, -0.15) is 0 Å². The van der Waals surface area contributed by atoms with Gasteiger partial charge in [0.2, 0.25) is 5.88 Å². The minimum Gasteiger partial charge on any atom is -0.439 e. The summed E-state index contributed by atoms with van der Waals surface area (Å²) in [5, 5.41) is 2.56. The number of carbonyl (C=O) groups excluding carboxylic acids is 1. The molecule has 0 aliphatic heterocycles. The lowest BCUT2D eigenvalue weighted by Crippen LogP contribution is -2.17. The van der Waals surface area contributed by atoms with E-state index in [2.05, 4.69) is 36.3 Å². The van der Waals surface area contributed by atoms with Crippen LogP contribution in [0.4, 0.5) is 0 Å². The van der Waals surface area contributed by atoms with Gasteiger partial charge in [-0.05, 0) is 42.5 Å². The first-order chi connectivity index (χ1) is 10.7. The molecular weight excluding hydrogens is 276 g/mol. The van der Waals surface area contributed by atoms with Crippen LogP contribution in [0.3, 0.4) is 0 Å². The standard InChI is InChI=1S/C18H22N2O2/c1-4-13(5-2)14-6-9-16(10-7-14)22-17-11-8-15(12-20-17)18(21)19-3/h6-13H,4-5H2,1-3H3,(H,19,21). The summed E-state index contributed by atoms with van der Waals surface area (Å²) in [5.74, 6) is 1.66. The van der Waals surface area contributed by atoms with Crippen molar-refractivity contribution in [3.05, 3.63) is 53.7 Å². The maximum Gasteiger partial charge on any atom is 0.252 e. The summed E-state index contributed by atoms with van der Waals surface area (Å²) < 4.78 is 5.71. The third kappa shape index (κ3) is 3.85. The van der Waals surface area contributed by atoms with Crippen LogP contribution in [0, 0.1) is 0 Å². The lowest BCUT2D eigenvalue weighted by Gasteiger charge is -2.13. The van der Waals surface area contributed by atoms with E-state index in [1.165, 1.54) is 11.8 Å². The molecule has 0 unspecified atom stereocenters. The number of aromatic nitrogens is 1. The maximum absolute atomic E-state index is 11.4. The molecule has 0 radical (unpaired) electrons. The van der Waals surface area contributed by atoms with E-state index in [0.717, 1.165) is 18.6 Å². The molecule has 1 aromatic carbocycles. The van der Waals surface area contributed by atoms with E-state index in [1.54, 1.807) is 19.2 Å². The largest absolute Gasteiger partial charge is 0.439 e. The molecule has 4 heteroatoms. The average Bonchev–Trinajstić information content (AvgIpc) is 2.57. The van der Waals surface area contributed by atoms with E-state index < -0.39 is 0 Å². The number of rotatable bonds is 6. The number of ether oxygens (including phenoxy) is 1. The molecule has 1 amide bonds. The Hall–Kier alpha value is -2.36. The van der Waals surface area contributed by atoms with E-state index in [4.69, 9.17) is 4.74 Å². The number of nitrogens with one attached hydrogen (secondary N) is 1. The molecule has 0 aliphatic rings. The van der Waals surface area contributed by atoms with E-state index in [-0.39, 0.29) is 5.91 Å². The number of carbonyl (C=O) groups is 1. The van der Waals surface area contributed by atoms with Gasteiger partial charge in [0.25, 0.3) is 5.91 Å². The normalized spacial score (nSPS) is 10.5. The summed E-state index contributed by atoms with van der Waals surface area (Å²) in [6.07, 6.45) is 3.78. The molecular formula is C18H22N2O2. The van der Waals surface area contributed by atoms with Gasteiger partial charge >= 0.3 is 0 Å². The van der Waals surface area contributed by atoms with Gasteiger partial charge in [-0.25, -0.2) is 4.98 Å². The molecule has 1 aromatic heterocycles. The van der Waals surface area contributed by atoms with Crippen molar-refractivity contribution in [2.45, 2.75) is 32.6 Å². The monoisotopic (exact) mass is 298 g/mol. The van der Waals surface area contributed by atoms with Crippen LogP contribution < -0.4 is 10.1 Å². The number of pyridine rings is 1. The number of amides is 1. The Kier molecular flexibility index (Phi) is 5.53. The van der Waals surface area contributed by atoms with E-state index in [1.807, 2.05) is 12.1 Å². The third-order valence-electron chi connectivity index (χ3n) is 3.79. The highest BCUT2D eigenvalue weighted by molar-refractivity contribution is 5.93. The predicted molar refractivity (Wildman–Crippen MR) is 87.5 cm³/mol. The van der Waals surface area contributed by atoms with Gasteiger partial charge in [0.05, 0.1) is 5.56 Å². The SMILES string of the molecule is CCC(CC)c1ccc(Oc2ccc(C(=O)NC)cn2)cc1. The first-order valence-electron chi connectivity index (χ1n) is 7.63. The fourth-order valence-corrected chi connectivity index (χ4v) is 2.41. The highest BCUT2D eigenvalue weighted by Crippen LogP contribution is 2.26. The first kappa shape index (κ1) is 16.0. The van der Waals surface area contributed by atoms with Crippen molar-refractivity contribution in [1.82, 2.24) is 10.3 Å². The van der Waals surface area contributed by atoms with Crippen molar-refractivity contribution in [2.75, 3.05) is 7.05 Å². The zero-order chi connectivity index (χ0) is 15.9. The van der Waals surface area contributed by atoms with Crippen molar-refractivity contribution < 1.29 is 9.53 Å². The van der Waals surface area contributed by atoms with Gasteiger partial charge in [0, 0.05) is 19.3 Å². The summed E-state index contributed by atoms with van der Waals surface area (Å²) >= 11 is 0. The number of hydrogen-bond donors (Lipinski definition) is 1. The Bertz CT molecular complexity index is 602. The van der Waals surface area contributed by atoms with E-state index in [9.17, 15) is 4.79 Å². The molecule has 116 valence electrons. The summed E-state index contributed by atoms with van der Waals surface area (Å²) in [7, 11) is 1.59. The summed E-state index contributed by atoms with van der Waals surface area (Å²) in [6.45, 7) is 4.41. The van der Waals surface area contributed by atoms with E-state index in [0.29, 0.717) is 17.4 Å². The molecule has 4 nitrogen and oxygen atoms in total. The Labute approximate surface area is 131 Å². The Morgan fingerprint density at radius 2 is 1.82 bits per heavy atom. The molecule has 0 saturated heterocycles. The fourth-order valence-electron chi connectivity index (χ4n) is 2.41. The second kappa shape index (κ2) is 7.59. The van der Waals surface area contributed by atoms with Gasteiger partial charge in [0.1, 0.15) is 5.75 Å². The van der Waals surface area contributed by atoms with E-state index >= 15 is 0 Å². The Morgan fingerprint density at radius 1 is 1.14 bits per heavy atom. The predicted octanol–water partition coefficient (Wildman–Crippen LogP) is 4.14. The lowest BCUT2D eigenvalue weighted by molar-refractivity contribution is 0.0962. The second-order valence-electron chi connectivity index (χ2n) is 5.15. The van der Waals surface area contributed by atoms with Crippen LogP contribution in [0.15, 0.2) is 42.6 Å². The zero-order valence-corrected chi connectivity index (χ0v) is 13.3. The van der Waals surface area contributed by atoms with Crippen LogP contribution in [0.25, 0.3) is 0 Å². The molecule has 22 heavy (non-hydrogen) atoms. The molecule has 1 heterocycles. The van der Waals surface area contributed by atoms with Gasteiger partial charge in [0.15, 0.2) is 0 Å². The van der Waals surface area contributed by atoms with Gasteiger partial charge < -0.3 is 10.1 Å². The van der Waals surface area contributed by atoms with Gasteiger partial charge in [-0.1, -0.05) is 26.0 Å². The average molecular weight is 298 g/mol. The molecule has 0 atom stereocenters. The van der Waals surface area contributed by atoms with Crippen LogP contribution >= 0.6 is 0 Å². The first-order valence-corrected chi connectivity index (χ1v) is 7.63. The summed E-state index contributed by atoms with van der Waals surface area (Å²) in [5.41, 5.74) is 1.85. The number of benzene rings is 1. The smallest absolute Gasteiger partial charge is 0.252 e. The minimum atomic E-state index is -0.159. The van der Waals surface area contributed by atoms with Crippen LogP contribution in [-0.2, 0) is 0 Å². The van der Waals surface area contributed by atoms with Crippen molar-refractivity contribution in [2.24, 2.45) is 0 Å². The lowest BCUT2D eigenvalue weighted by atomic mass is 9.94. The van der Waals surface area contributed by atoms with Gasteiger partial charge in [-0.3, -0.25) is 4.79 Å². The maximum atomic E-state index is 11.4. The number of hydrogen-bond acceptors (Lipinski definition) is 3. The van der Waals surface area contributed by atoms with Crippen LogP contribution in [0.1, 0.15) is 48.5 Å². The molecule has 0 bridgehead atoms. The van der Waals surface area contributed by atoms with Crippen molar-refractivity contribution in [1.29, 1.82) is 0 Å². The molecule has 0 spiro atoms. The molecule has 0 fully saturated rings. The third-order valence-corrected chi connectivity index (χ3v) is 3.79. The Morgan fingerprint density at radius 3 is 2.32 bits per heavy atom. The minimum absolute atomic E-state index is 0.159. The molecule has 0 aliphatic carbocycles. The van der Waals surface area contributed by atoms with Gasteiger partial charge in [-0.15, -0.1) is 0 Å². The molecule has 1 N–H and O–H groups in total. The van der Waals surface area contributed by atoms with Crippen LogP contribution in [0.2, 0.25) is 0 Å².